The van der Waals surface area contributed by atoms with Crippen molar-refractivity contribution >= 4 is 22.8 Å². The third-order valence-corrected chi connectivity index (χ3v) is 5.45. The highest BCUT2D eigenvalue weighted by atomic mass is 16.5. The first-order valence-electron chi connectivity index (χ1n) is 10.6. The summed E-state index contributed by atoms with van der Waals surface area (Å²) in [6, 6.07) is 12.3. The molecule has 3 aromatic rings. The molecule has 0 saturated carbocycles. The summed E-state index contributed by atoms with van der Waals surface area (Å²) in [6.45, 7) is 5.16. The number of hydrogen-bond donors (Lipinski definition) is 2. The van der Waals surface area contributed by atoms with Gasteiger partial charge in [-0.05, 0) is 43.5 Å². The van der Waals surface area contributed by atoms with E-state index in [1.807, 2.05) is 44.2 Å². The molecule has 1 atom stereocenters. The molecule has 1 heterocycles. The molecule has 2 aromatic carbocycles. The average molecular weight is 437 g/mol. The average Bonchev–Trinajstić information content (AvgIpc) is 2.77. The number of benzene rings is 2. The van der Waals surface area contributed by atoms with Crippen molar-refractivity contribution in [3.05, 3.63) is 75.1 Å². The van der Waals surface area contributed by atoms with Crippen LogP contribution in [0, 0.1) is 13.8 Å². The summed E-state index contributed by atoms with van der Waals surface area (Å²) in [7, 11) is 0. The molecule has 0 radical (unpaired) electrons. The fraction of sp³-hybridized carbons (Fsp3) is 0.320. The number of nitrogens with one attached hydrogen (secondary N) is 1. The maximum absolute atomic E-state index is 12.7. The Morgan fingerprint density at radius 1 is 1.09 bits per heavy atom. The molecule has 0 aliphatic rings. The molecule has 0 saturated heterocycles. The highest BCUT2D eigenvalue weighted by molar-refractivity contribution is 5.86. The van der Waals surface area contributed by atoms with Crippen LogP contribution in [0.2, 0.25) is 0 Å². The SMILES string of the molecule is CCC[C@H](NC(=O)COc1ccc2c(C)c(Cc3ccccc3)c(=O)oc2c1C)C(=O)O. The van der Waals surface area contributed by atoms with E-state index in [1.54, 1.807) is 19.1 Å². The third-order valence-electron chi connectivity index (χ3n) is 5.45. The lowest BCUT2D eigenvalue weighted by Gasteiger charge is -2.15. The normalized spacial score (nSPS) is 11.8. The Morgan fingerprint density at radius 2 is 1.81 bits per heavy atom. The van der Waals surface area contributed by atoms with Crippen LogP contribution in [0.4, 0.5) is 0 Å². The molecule has 168 valence electrons. The molecule has 7 heteroatoms. The molecular formula is C25H27NO6. The molecule has 0 spiro atoms. The lowest BCUT2D eigenvalue weighted by Crippen LogP contribution is -2.42. The number of rotatable bonds is 9. The molecule has 0 fully saturated rings. The monoisotopic (exact) mass is 437 g/mol. The topological polar surface area (TPSA) is 106 Å². The second-order valence-electron chi connectivity index (χ2n) is 7.76. The second-order valence-corrected chi connectivity index (χ2v) is 7.76. The van der Waals surface area contributed by atoms with Crippen LogP contribution < -0.4 is 15.7 Å². The molecule has 1 amide bonds. The van der Waals surface area contributed by atoms with E-state index < -0.39 is 23.5 Å². The number of carbonyl (C=O) groups is 2. The molecule has 32 heavy (non-hydrogen) atoms. The fourth-order valence-corrected chi connectivity index (χ4v) is 3.66. The van der Waals surface area contributed by atoms with E-state index in [0.29, 0.717) is 41.7 Å². The number of carboxylic acid groups (broad SMARTS) is 1. The minimum absolute atomic E-state index is 0.338. The van der Waals surface area contributed by atoms with Gasteiger partial charge >= 0.3 is 11.6 Å². The van der Waals surface area contributed by atoms with Crippen LogP contribution in [-0.4, -0.2) is 29.6 Å². The summed E-state index contributed by atoms with van der Waals surface area (Å²) < 4.78 is 11.2. The van der Waals surface area contributed by atoms with E-state index in [9.17, 15) is 19.5 Å². The molecule has 0 unspecified atom stereocenters. The molecule has 0 bridgehead atoms. The van der Waals surface area contributed by atoms with Crippen LogP contribution in [0.5, 0.6) is 5.75 Å². The van der Waals surface area contributed by atoms with Gasteiger partial charge in [0.2, 0.25) is 0 Å². The molecule has 1 aromatic heterocycles. The number of hydrogen-bond acceptors (Lipinski definition) is 5. The quantitative estimate of drug-likeness (QED) is 0.494. The van der Waals surface area contributed by atoms with Gasteiger partial charge in [-0.1, -0.05) is 43.7 Å². The van der Waals surface area contributed by atoms with Crippen molar-refractivity contribution in [1.82, 2.24) is 5.32 Å². The van der Waals surface area contributed by atoms with Crippen molar-refractivity contribution in [3.63, 3.8) is 0 Å². The Labute approximate surface area is 186 Å². The summed E-state index contributed by atoms with van der Waals surface area (Å²) in [6.07, 6.45) is 1.45. The predicted molar refractivity (Wildman–Crippen MR) is 121 cm³/mol. The molecule has 7 nitrogen and oxygen atoms in total. The number of carboxylic acids is 1. The molecule has 2 N–H and O–H groups in total. The third kappa shape index (κ3) is 5.17. The van der Waals surface area contributed by atoms with Crippen LogP contribution in [0.25, 0.3) is 11.0 Å². The summed E-state index contributed by atoms with van der Waals surface area (Å²) in [5.74, 6) is -1.21. The van der Waals surface area contributed by atoms with Gasteiger partial charge in [-0.3, -0.25) is 4.79 Å². The maximum Gasteiger partial charge on any atom is 0.340 e. The van der Waals surface area contributed by atoms with Crippen LogP contribution in [0.1, 0.15) is 42.0 Å². The van der Waals surface area contributed by atoms with E-state index in [0.717, 1.165) is 16.5 Å². The Kier molecular flexibility index (Phi) is 7.30. The zero-order valence-electron chi connectivity index (χ0n) is 18.4. The van der Waals surface area contributed by atoms with Gasteiger partial charge in [-0.25, -0.2) is 9.59 Å². The zero-order chi connectivity index (χ0) is 23.3. The number of aliphatic carboxylic acids is 1. The summed E-state index contributed by atoms with van der Waals surface area (Å²) in [4.78, 5) is 36.1. The summed E-state index contributed by atoms with van der Waals surface area (Å²) in [5, 5.41) is 12.4. The Hall–Kier alpha value is -3.61. The fourth-order valence-electron chi connectivity index (χ4n) is 3.66. The van der Waals surface area contributed by atoms with Crippen molar-refractivity contribution in [1.29, 1.82) is 0 Å². The van der Waals surface area contributed by atoms with Gasteiger partial charge in [0, 0.05) is 22.9 Å². The van der Waals surface area contributed by atoms with Crippen molar-refractivity contribution in [2.75, 3.05) is 6.61 Å². The first kappa shape index (κ1) is 23.1. The van der Waals surface area contributed by atoms with Crippen LogP contribution >= 0.6 is 0 Å². The van der Waals surface area contributed by atoms with Crippen LogP contribution in [0.3, 0.4) is 0 Å². The van der Waals surface area contributed by atoms with E-state index in [-0.39, 0.29) is 6.61 Å². The molecule has 0 aliphatic carbocycles. The summed E-state index contributed by atoms with van der Waals surface area (Å²) >= 11 is 0. The van der Waals surface area contributed by atoms with Gasteiger partial charge in [0.15, 0.2) is 6.61 Å². The maximum atomic E-state index is 12.7. The largest absolute Gasteiger partial charge is 0.483 e. The number of aryl methyl sites for hydroxylation is 2. The highest BCUT2D eigenvalue weighted by Crippen LogP contribution is 2.30. The summed E-state index contributed by atoms with van der Waals surface area (Å²) in [5.41, 5.74) is 3.08. The Balaban J connectivity index is 1.81. The second kappa shape index (κ2) is 10.1. The van der Waals surface area contributed by atoms with Crippen molar-refractivity contribution in [2.45, 2.75) is 46.1 Å². The Morgan fingerprint density at radius 3 is 2.47 bits per heavy atom. The minimum Gasteiger partial charge on any atom is -0.483 e. The van der Waals surface area contributed by atoms with E-state index >= 15 is 0 Å². The zero-order valence-corrected chi connectivity index (χ0v) is 18.4. The molecular weight excluding hydrogens is 410 g/mol. The first-order chi connectivity index (χ1) is 15.3. The van der Waals surface area contributed by atoms with Crippen LogP contribution in [-0.2, 0) is 16.0 Å². The van der Waals surface area contributed by atoms with Gasteiger partial charge in [-0.2, -0.15) is 0 Å². The van der Waals surface area contributed by atoms with Gasteiger partial charge in [0.25, 0.3) is 5.91 Å². The van der Waals surface area contributed by atoms with Crippen molar-refractivity contribution in [2.24, 2.45) is 0 Å². The van der Waals surface area contributed by atoms with E-state index in [2.05, 4.69) is 5.32 Å². The highest BCUT2D eigenvalue weighted by Gasteiger charge is 2.20. The molecule has 0 aliphatic heterocycles. The van der Waals surface area contributed by atoms with Crippen molar-refractivity contribution in [3.8, 4) is 5.75 Å². The Bertz CT molecular complexity index is 1180. The molecule has 3 rings (SSSR count). The predicted octanol–water partition coefficient (Wildman–Crippen LogP) is 3.75. The van der Waals surface area contributed by atoms with Crippen molar-refractivity contribution < 1.29 is 23.8 Å². The lowest BCUT2D eigenvalue weighted by molar-refractivity contribution is -0.142. The minimum atomic E-state index is -1.08. The van der Waals surface area contributed by atoms with E-state index in [1.165, 1.54) is 0 Å². The standard InChI is InChI=1S/C25H27NO6/c1-4-8-20(24(28)29)26-22(27)14-31-21-12-11-18-15(2)19(13-17-9-6-5-7-10-17)25(30)32-23(18)16(21)3/h5-7,9-12,20H,4,8,13-14H2,1-3H3,(H,26,27)(H,28,29)/t20-/m0/s1. The number of ether oxygens (including phenoxy) is 1. The first-order valence-corrected chi connectivity index (χ1v) is 10.6. The van der Waals surface area contributed by atoms with Gasteiger partial charge < -0.3 is 19.6 Å². The van der Waals surface area contributed by atoms with Gasteiger partial charge in [-0.15, -0.1) is 0 Å². The number of carbonyl (C=O) groups excluding carboxylic acids is 1. The van der Waals surface area contributed by atoms with Gasteiger partial charge in [0.1, 0.15) is 17.4 Å². The van der Waals surface area contributed by atoms with Gasteiger partial charge in [0.05, 0.1) is 0 Å². The lowest BCUT2D eigenvalue weighted by atomic mass is 9.98. The van der Waals surface area contributed by atoms with Crippen LogP contribution in [0.15, 0.2) is 51.7 Å². The smallest absolute Gasteiger partial charge is 0.340 e. The van der Waals surface area contributed by atoms with E-state index in [4.69, 9.17) is 9.15 Å². The number of fused-ring (bicyclic) bond motifs is 1. The number of amides is 1.